The van der Waals surface area contributed by atoms with Crippen molar-refractivity contribution in [1.29, 1.82) is 0 Å². The van der Waals surface area contributed by atoms with Crippen LogP contribution in [0.4, 0.5) is 5.69 Å². The number of allylic oxidation sites excluding steroid dienone is 2. The van der Waals surface area contributed by atoms with E-state index < -0.39 is 30.0 Å². The first-order valence-corrected chi connectivity index (χ1v) is 11.9. The largest absolute Gasteiger partial charge is 0.451 e. The number of hydrogen-bond acceptors (Lipinski definition) is 5. The Morgan fingerprint density at radius 2 is 1.67 bits per heavy atom. The summed E-state index contributed by atoms with van der Waals surface area (Å²) in [4.78, 5) is 55.4. The third-order valence-corrected chi connectivity index (χ3v) is 6.84. The first-order valence-electron chi connectivity index (χ1n) is 11.9. The van der Waals surface area contributed by atoms with Gasteiger partial charge in [-0.15, -0.1) is 0 Å². The predicted octanol–water partition coefficient (Wildman–Crippen LogP) is 3.26. The van der Waals surface area contributed by atoms with Crippen LogP contribution in [0.25, 0.3) is 0 Å². The number of carbonyl (C=O) groups is 4. The van der Waals surface area contributed by atoms with Crippen molar-refractivity contribution in [2.75, 3.05) is 11.4 Å². The van der Waals surface area contributed by atoms with Crippen LogP contribution in [-0.2, 0) is 30.3 Å². The molecular weight excluding hydrogens is 420 g/mol. The molecule has 0 aromatic heterocycles. The number of esters is 1. The van der Waals surface area contributed by atoms with Crippen molar-refractivity contribution in [2.45, 2.75) is 65.0 Å². The van der Waals surface area contributed by atoms with Crippen LogP contribution < -0.4 is 4.90 Å². The van der Waals surface area contributed by atoms with Crippen molar-refractivity contribution in [3.8, 4) is 0 Å². The number of carbonyl (C=O) groups excluding carboxylic acids is 4. The third kappa shape index (κ3) is 4.45. The highest BCUT2D eigenvalue weighted by Crippen LogP contribution is 2.37. The molecule has 1 saturated heterocycles. The lowest BCUT2D eigenvalue weighted by molar-refractivity contribution is -0.165. The van der Waals surface area contributed by atoms with Gasteiger partial charge in [0.2, 0.25) is 11.8 Å². The van der Waals surface area contributed by atoms with Crippen molar-refractivity contribution >= 4 is 29.4 Å². The second kappa shape index (κ2) is 9.49. The lowest BCUT2D eigenvalue weighted by Gasteiger charge is -2.32. The van der Waals surface area contributed by atoms with Gasteiger partial charge in [-0.2, -0.15) is 0 Å². The number of likely N-dealkylation sites (tertiary alicyclic amines) is 1. The number of rotatable bonds is 6. The summed E-state index contributed by atoms with van der Waals surface area (Å²) < 4.78 is 5.61. The number of anilines is 1. The zero-order valence-electron chi connectivity index (χ0n) is 19.5. The van der Waals surface area contributed by atoms with E-state index in [4.69, 9.17) is 4.74 Å². The van der Waals surface area contributed by atoms with Gasteiger partial charge < -0.3 is 9.64 Å². The molecule has 1 aromatic rings. The number of imide groups is 1. The molecule has 2 heterocycles. The standard InChI is InChI=1S/C26H32N2O5/c1-16(2)15-22(28-24(30)19-11-5-6-12-20(19)25(28)31)26(32)33-17(3)23(29)27-14-8-10-18-9-4-7-13-21(18)27/h4-7,9,13,16-17,19-20,22H,8,10-12,14-15H2,1-3H3/t17-,19-,20+,22+/m0/s1. The van der Waals surface area contributed by atoms with Crippen molar-refractivity contribution in [2.24, 2.45) is 17.8 Å². The molecule has 4 rings (SSSR count). The lowest BCUT2D eigenvalue weighted by atomic mass is 9.85. The fourth-order valence-corrected chi connectivity index (χ4v) is 5.17. The molecule has 33 heavy (non-hydrogen) atoms. The fraction of sp³-hybridized carbons (Fsp3) is 0.538. The van der Waals surface area contributed by atoms with E-state index in [1.807, 2.05) is 50.3 Å². The van der Waals surface area contributed by atoms with E-state index in [0.29, 0.717) is 25.8 Å². The van der Waals surface area contributed by atoms with E-state index in [1.54, 1.807) is 11.8 Å². The molecule has 0 spiro atoms. The minimum Gasteiger partial charge on any atom is -0.451 e. The van der Waals surface area contributed by atoms with E-state index in [1.165, 1.54) is 0 Å². The number of nitrogens with zero attached hydrogens (tertiary/aromatic N) is 2. The highest BCUT2D eigenvalue weighted by Gasteiger charge is 2.51. The zero-order valence-corrected chi connectivity index (χ0v) is 19.5. The molecule has 1 fully saturated rings. The Kier molecular flexibility index (Phi) is 6.68. The molecule has 3 aliphatic rings. The molecule has 0 bridgehead atoms. The highest BCUT2D eigenvalue weighted by molar-refractivity contribution is 6.08. The zero-order chi connectivity index (χ0) is 23.7. The van der Waals surface area contributed by atoms with Gasteiger partial charge in [0.25, 0.3) is 5.91 Å². The summed E-state index contributed by atoms with van der Waals surface area (Å²) in [5.41, 5.74) is 1.94. The van der Waals surface area contributed by atoms with Crippen LogP contribution in [-0.4, -0.2) is 47.3 Å². The highest BCUT2D eigenvalue weighted by atomic mass is 16.5. The smallest absolute Gasteiger partial charge is 0.330 e. The second-order valence-corrected chi connectivity index (χ2v) is 9.65. The van der Waals surface area contributed by atoms with Crippen LogP contribution >= 0.6 is 0 Å². The Morgan fingerprint density at radius 1 is 1.03 bits per heavy atom. The second-order valence-electron chi connectivity index (χ2n) is 9.65. The van der Waals surface area contributed by atoms with E-state index >= 15 is 0 Å². The van der Waals surface area contributed by atoms with Crippen LogP contribution in [0.1, 0.15) is 52.0 Å². The van der Waals surface area contributed by atoms with Crippen LogP contribution in [0.15, 0.2) is 36.4 Å². The molecule has 176 valence electrons. The van der Waals surface area contributed by atoms with Gasteiger partial charge in [0, 0.05) is 12.2 Å². The maximum Gasteiger partial charge on any atom is 0.330 e. The predicted molar refractivity (Wildman–Crippen MR) is 123 cm³/mol. The van der Waals surface area contributed by atoms with Gasteiger partial charge in [-0.25, -0.2) is 4.79 Å². The van der Waals surface area contributed by atoms with Gasteiger partial charge in [0.05, 0.1) is 11.8 Å². The molecule has 7 heteroatoms. The first kappa shape index (κ1) is 23.2. The monoisotopic (exact) mass is 452 g/mol. The van der Waals surface area contributed by atoms with Gasteiger partial charge in [-0.1, -0.05) is 44.2 Å². The normalized spacial score (nSPS) is 23.9. The summed E-state index contributed by atoms with van der Waals surface area (Å²) in [6.45, 7) is 5.98. The van der Waals surface area contributed by atoms with Crippen molar-refractivity contribution in [3.05, 3.63) is 42.0 Å². The SMILES string of the molecule is CC(C)C[C@H](C(=O)O[C@@H](C)C(=O)N1CCCc2ccccc21)N1C(=O)[C@H]2CC=CC[C@H]2C1=O. The molecule has 4 atom stereocenters. The maximum atomic E-state index is 13.3. The van der Waals surface area contributed by atoms with E-state index in [9.17, 15) is 19.2 Å². The fourth-order valence-electron chi connectivity index (χ4n) is 5.17. The van der Waals surface area contributed by atoms with Gasteiger partial charge in [-0.05, 0) is 56.6 Å². The number of para-hydroxylation sites is 1. The van der Waals surface area contributed by atoms with Crippen molar-refractivity contribution in [1.82, 2.24) is 4.90 Å². The quantitative estimate of drug-likeness (QED) is 0.376. The Labute approximate surface area is 194 Å². The number of aryl methyl sites for hydroxylation is 1. The average Bonchev–Trinajstić information content (AvgIpc) is 3.06. The Morgan fingerprint density at radius 3 is 2.30 bits per heavy atom. The molecule has 0 saturated carbocycles. The number of ether oxygens (including phenoxy) is 1. The molecule has 2 aliphatic heterocycles. The Bertz CT molecular complexity index is 959. The minimum atomic E-state index is -1.02. The van der Waals surface area contributed by atoms with Crippen LogP contribution in [0.2, 0.25) is 0 Å². The number of hydrogen-bond donors (Lipinski definition) is 0. The maximum absolute atomic E-state index is 13.3. The summed E-state index contributed by atoms with van der Waals surface area (Å²) in [5.74, 6) is -2.35. The number of fused-ring (bicyclic) bond motifs is 2. The van der Waals surface area contributed by atoms with E-state index in [-0.39, 0.29) is 23.6 Å². The molecule has 0 N–H and O–H groups in total. The van der Waals surface area contributed by atoms with E-state index in [0.717, 1.165) is 29.0 Å². The van der Waals surface area contributed by atoms with Gasteiger partial charge >= 0.3 is 5.97 Å². The third-order valence-electron chi connectivity index (χ3n) is 6.84. The van der Waals surface area contributed by atoms with Gasteiger partial charge in [-0.3, -0.25) is 19.3 Å². The molecule has 0 unspecified atom stereocenters. The Hall–Kier alpha value is -2.96. The summed E-state index contributed by atoms with van der Waals surface area (Å²) in [5, 5.41) is 0. The van der Waals surface area contributed by atoms with Gasteiger partial charge in [0.15, 0.2) is 6.10 Å². The van der Waals surface area contributed by atoms with Crippen molar-refractivity contribution in [3.63, 3.8) is 0 Å². The van der Waals surface area contributed by atoms with Crippen LogP contribution in [0.3, 0.4) is 0 Å². The first-order chi connectivity index (χ1) is 15.8. The van der Waals surface area contributed by atoms with Crippen LogP contribution in [0, 0.1) is 17.8 Å². The molecule has 1 aliphatic carbocycles. The minimum absolute atomic E-state index is 0.0592. The topological polar surface area (TPSA) is 84.0 Å². The van der Waals surface area contributed by atoms with E-state index in [2.05, 4.69) is 0 Å². The summed E-state index contributed by atoms with van der Waals surface area (Å²) in [6, 6.07) is 6.73. The summed E-state index contributed by atoms with van der Waals surface area (Å²) >= 11 is 0. The molecule has 0 radical (unpaired) electrons. The molecule has 7 nitrogen and oxygen atoms in total. The average molecular weight is 453 g/mol. The van der Waals surface area contributed by atoms with Crippen molar-refractivity contribution < 1.29 is 23.9 Å². The molecule has 1 aromatic carbocycles. The number of benzene rings is 1. The Balaban J connectivity index is 1.50. The summed E-state index contributed by atoms with van der Waals surface area (Å²) in [6.07, 6.45) is 5.89. The van der Waals surface area contributed by atoms with Gasteiger partial charge in [0.1, 0.15) is 6.04 Å². The number of amides is 3. The molecule has 3 amide bonds. The summed E-state index contributed by atoms with van der Waals surface area (Å²) in [7, 11) is 0. The molecular formula is C26H32N2O5. The lowest BCUT2D eigenvalue weighted by Crippen LogP contribution is -2.49. The van der Waals surface area contributed by atoms with Crippen LogP contribution in [0.5, 0.6) is 0 Å².